The lowest BCUT2D eigenvalue weighted by molar-refractivity contribution is -0.116. The van der Waals surface area contributed by atoms with Crippen molar-refractivity contribution in [3.63, 3.8) is 0 Å². The minimum Gasteiger partial charge on any atom is -0.339 e. The van der Waals surface area contributed by atoms with Gasteiger partial charge in [-0.1, -0.05) is 30.1 Å². The van der Waals surface area contributed by atoms with Gasteiger partial charge < -0.3 is 15.6 Å². The Morgan fingerprint density at radius 1 is 1.26 bits per heavy atom. The lowest BCUT2D eigenvalue weighted by Gasteiger charge is -2.06. The minimum absolute atomic E-state index is 0. The van der Waals surface area contributed by atoms with E-state index in [0.717, 1.165) is 36.9 Å². The molecule has 23 heavy (non-hydrogen) atoms. The minimum atomic E-state index is 0. The van der Waals surface area contributed by atoms with Gasteiger partial charge in [0.25, 0.3) is 0 Å². The SMILES string of the molecule is Cc1nc(-c2cccc(NC(=O)CCCCCCN)c2)no1.Cl. The molecule has 0 fully saturated rings. The maximum absolute atomic E-state index is 11.9. The van der Waals surface area contributed by atoms with Crippen LogP contribution in [0.25, 0.3) is 11.4 Å². The van der Waals surface area contributed by atoms with E-state index in [9.17, 15) is 4.79 Å². The van der Waals surface area contributed by atoms with Gasteiger partial charge in [-0.25, -0.2) is 0 Å². The van der Waals surface area contributed by atoms with Crippen molar-refractivity contribution < 1.29 is 9.32 Å². The molecule has 1 aromatic carbocycles. The van der Waals surface area contributed by atoms with Crippen LogP contribution in [0.5, 0.6) is 0 Å². The summed E-state index contributed by atoms with van der Waals surface area (Å²) in [7, 11) is 0. The molecule has 1 heterocycles. The number of carbonyl (C=O) groups is 1. The number of unbranched alkanes of at least 4 members (excludes halogenated alkanes) is 3. The third-order valence-electron chi connectivity index (χ3n) is 3.29. The first-order valence-electron chi connectivity index (χ1n) is 7.59. The van der Waals surface area contributed by atoms with Crippen molar-refractivity contribution in [1.82, 2.24) is 10.1 Å². The Balaban J connectivity index is 0.00000264. The molecule has 7 heteroatoms. The summed E-state index contributed by atoms with van der Waals surface area (Å²) < 4.78 is 4.97. The van der Waals surface area contributed by atoms with Gasteiger partial charge in [0.2, 0.25) is 17.6 Å². The first kappa shape index (κ1) is 19.1. The molecule has 0 saturated carbocycles. The van der Waals surface area contributed by atoms with Crippen LogP contribution in [0.1, 0.15) is 38.0 Å². The number of halogens is 1. The average Bonchev–Trinajstić information content (AvgIpc) is 2.94. The molecule has 2 aromatic rings. The van der Waals surface area contributed by atoms with Gasteiger partial charge in [0.05, 0.1) is 0 Å². The van der Waals surface area contributed by atoms with E-state index >= 15 is 0 Å². The molecular weight excluding hydrogens is 316 g/mol. The summed E-state index contributed by atoms with van der Waals surface area (Å²) >= 11 is 0. The highest BCUT2D eigenvalue weighted by Gasteiger charge is 2.08. The highest BCUT2D eigenvalue weighted by atomic mass is 35.5. The Morgan fingerprint density at radius 2 is 2.04 bits per heavy atom. The molecule has 0 aliphatic carbocycles. The van der Waals surface area contributed by atoms with Crippen molar-refractivity contribution in [1.29, 1.82) is 0 Å². The van der Waals surface area contributed by atoms with Crippen LogP contribution in [0.4, 0.5) is 5.69 Å². The lowest BCUT2D eigenvalue weighted by Crippen LogP contribution is -2.11. The predicted molar refractivity (Wildman–Crippen MR) is 92.5 cm³/mol. The quantitative estimate of drug-likeness (QED) is 0.720. The molecule has 0 aliphatic heterocycles. The summed E-state index contributed by atoms with van der Waals surface area (Å²) in [6.07, 6.45) is 4.54. The van der Waals surface area contributed by atoms with Crippen LogP contribution in [-0.4, -0.2) is 22.6 Å². The third kappa shape index (κ3) is 6.38. The van der Waals surface area contributed by atoms with Gasteiger partial charge in [-0.05, 0) is 31.5 Å². The Hall–Kier alpha value is -1.92. The number of nitrogens with two attached hydrogens (primary N) is 1. The summed E-state index contributed by atoms with van der Waals surface area (Å²) in [5.41, 5.74) is 7.00. The predicted octanol–water partition coefficient (Wildman–Crippen LogP) is 3.31. The van der Waals surface area contributed by atoms with E-state index in [2.05, 4.69) is 15.5 Å². The van der Waals surface area contributed by atoms with E-state index in [-0.39, 0.29) is 18.3 Å². The normalized spacial score (nSPS) is 10.2. The monoisotopic (exact) mass is 338 g/mol. The van der Waals surface area contributed by atoms with Crippen LogP contribution in [0, 0.1) is 6.92 Å². The Bertz CT molecular complexity index is 616. The highest BCUT2D eigenvalue weighted by Crippen LogP contribution is 2.20. The molecule has 0 bridgehead atoms. The summed E-state index contributed by atoms with van der Waals surface area (Å²) in [6.45, 7) is 2.46. The molecular formula is C16H23ClN4O2. The number of aryl methyl sites for hydroxylation is 1. The number of rotatable bonds is 8. The fourth-order valence-electron chi connectivity index (χ4n) is 2.16. The molecule has 1 amide bonds. The molecule has 0 saturated heterocycles. The summed E-state index contributed by atoms with van der Waals surface area (Å²) in [5.74, 6) is 1.06. The third-order valence-corrected chi connectivity index (χ3v) is 3.29. The van der Waals surface area contributed by atoms with E-state index in [1.54, 1.807) is 6.92 Å². The number of hydrogen-bond acceptors (Lipinski definition) is 5. The second kappa shape index (κ2) is 9.97. The van der Waals surface area contributed by atoms with Gasteiger partial charge in [0.1, 0.15) is 0 Å². The van der Waals surface area contributed by atoms with Crippen molar-refractivity contribution in [3.05, 3.63) is 30.2 Å². The van der Waals surface area contributed by atoms with E-state index in [4.69, 9.17) is 10.3 Å². The Morgan fingerprint density at radius 3 is 2.74 bits per heavy atom. The van der Waals surface area contributed by atoms with Gasteiger partial charge in [-0.15, -0.1) is 12.4 Å². The standard InChI is InChI=1S/C16H22N4O2.ClH/c1-12-18-16(20-22-12)13-7-6-8-14(11-13)19-15(21)9-4-2-3-5-10-17;/h6-8,11H,2-5,9-10,17H2,1H3,(H,19,21);1H. The average molecular weight is 339 g/mol. The van der Waals surface area contributed by atoms with E-state index in [1.165, 1.54) is 0 Å². The second-order valence-corrected chi connectivity index (χ2v) is 5.22. The summed E-state index contributed by atoms with van der Waals surface area (Å²) in [6, 6.07) is 7.43. The molecule has 1 aromatic heterocycles. The lowest BCUT2D eigenvalue weighted by atomic mass is 10.1. The topological polar surface area (TPSA) is 94.0 Å². The number of nitrogens with zero attached hydrogens (tertiary/aromatic N) is 2. The van der Waals surface area contributed by atoms with Crippen molar-refractivity contribution >= 4 is 24.0 Å². The zero-order chi connectivity index (χ0) is 15.8. The number of hydrogen-bond donors (Lipinski definition) is 2. The van der Waals surface area contributed by atoms with Crippen molar-refractivity contribution in [2.24, 2.45) is 5.73 Å². The first-order chi connectivity index (χ1) is 10.7. The summed E-state index contributed by atoms with van der Waals surface area (Å²) in [4.78, 5) is 16.1. The van der Waals surface area contributed by atoms with Crippen LogP contribution in [0.15, 0.2) is 28.8 Å². The molecule has 126 valence electrons. The zero-order valence-electron chi connectivity index (χ0n) is 13.2. The molecule has 0 spiro atoms. The van der Waals surface area contributed by atoms with Crippen molar-refractivity contribution in [2.45, 2.75) is 39.0 Å². The van der Waals surface area contributed by atoms with Gasteiger partial charge in [-0.2, -0.15) is 4.98 Å². The van der Waals surface area contributed by atoms with Crippen LogP contribution in [-0.2, 0) is 4.79 Å². The number of anilines is 1. The number of amides is 1. The number of benzene rings is 1. The number of nitrogens with one attached hydrogen (secondary N) is 1. The maximum Gasteiger partial charge on any atom is 0.224 e. The van der Waals surface area contributed by atoms with Crippen molar-refractivity contribution in [2.75, 3.05) is 11.9 Å². The second-order valence-electron chi connectivity index (χ2n) is 5.22. The highest BCUT2D eigenvalue weighted by molar-refractivity contribution is 5.91. The Kier molecular flexibility index (Phi) is 8.29. The molecule has 6 nitrogen and oxygen atoms in total. The smallest absolute Gasteiger partial charge is 0.224 e. The molecule has 0 aliphatic rings. The molecule has 0 atom stereocenters. The van der Waals surface area contributed by atoms with Crippen molar-refractivity contribution in [3.8, 4) is 11.4 Å². The van der Waals surface area contributed by atoms with Gasteiger partial charge in [0, 0.05) is 24.6 Å². The fraction of sp³-hybridized carbons (Fsp3) is 0.438. The van der Waals surface area contributed by atoms with Crippen LogP contribution in [0.2, 0.25) is 0 Å². The van der Waals surface area contributed by atoms with Gasteiger partial charge in [0.15, 0.2) is 0 Å². The van der Waals surface area contributed by atoms with Crippen LogP contribution in [0.3, 0.4) is 0 Å². The summed E-state index contributed by atoms with van der Waals surface area (Å²) in [5, 5.41) is 6.78. The van der Waals surface area contributed by atoms with E-state index in [1.807, 2.05) is 24.3 Å². The van der Waals surface area contributed by atoms with Gasteiger partial charge >= 0.3 is 0 Å². The molecule has 2 rings (SSSR count). The van der Waals surface area contributed by atoms with Gasteiger partial charge in [-0.3, -0.25) is 4.79 Å². The molecule has 3 N–H and O–H groups in total. The van der Waals surface area contributed by atoms with Crippen LogP contribution >= 0.6 is 12.4 Å². The maximum atomic E-state index is 11.9. The first-order valence-corrected chi connectivity index (χ1v) is 7.59. The van der Waals surface area contributed by atoms with Crippen LogP contribution < -0.4 is 11.1 Å². The number of carbonyl (C=O) groups excluding carboxylic acids is 1. The van der Waals surface area contributed by atoms with E-state index < -0.39 is 0 Å². The molecule has 0 unspecified atom stereocenters. The zero-order valence-corrected chi connectivity index (χ0v) is 14.1. The molecule has 0 radical (unpaired) electrons. The fourth-order valence-corrected chi connectivity index (χ4v) is 2.16. The largest absolute Gasteiger partial charge is 0.339 e. The van der Waals surface area contributed by atoms with E-state index in [0.29, 0.717) is 24.7 Å². The number of aromatic nitrogens is 2. The Labute approximate surface area is 142 Å².